The molecule has 58 heavy (non-hydrogen) atoms. The van der Waals surface area contributed by atoms with Gasteiger partial charge in [-0.05, 0) is 75.1 Å². The zero-order valence-electron chi connectivity index (χ0n) is 33.3. The fraction of sp³-hybridized carbons (Fsp3) is 0.429. The van der Waals surface area contributed by atoms with Crippen LogP contribution in [0.5, 0.6) is 5.75 Å². The Morgan fingerprint density at radius 2 is 1.57 bits per heavy atom. The van der Waals surface area contributed by atoms with Crippen LogP contribution in [0.2, 0.25) is 5.02 Å². The number of rotatable bonds is 12. The molecule has 1 atom stereocenters. The van der Waals surface area contributed by atoms with Gasteiger partial charge in [-0.2, -0.15) is 4.98 Å². The monoisotopic (exact) mass is 826 g/mol. The van der Waals surface area contributed by atoms with Gasteiger partial charge in [-0.3, -0.25) is 29.9 Å². The van der Waals surface area contributed by atoms with E-state index in [0.29, 0.717) is 42.3 Å². The highest BCUT2D eigenvalue weighted by molar-refractivity contribution is 7.64. The van der Waals surface area contributed by atoms with Crippen LogP contribution < -0.4 is 40.9 Å². The molecule has 0 saturated carbocycles. The largest absolute Gasteiger partial charge is 0.494 e. The number of imide groups is 1. The maximum atomic E-state index is 12.1. The van der Waals surface area contributed by atoms with Gasteiger partial charge in [0.25, 0.3) is 0 Å². The summed E-state index contributed by atoms with van der Waals surface area (Å²) in [6.07, 6.45) is 4.61. The number of methoxy groups -OCH3 is 1. The lowest BCUT2D eigenvalue weighted by atomic mass is 10.00. The van der Waals surface area contributed by atoms with Gasteiger partial charge in [0.05, 0.1) is 24.7 Å². The number of nitrogens with zero attached hydrogens (tertiary/aromatic N) is 7. The van der Waals surface area contributed by atoms with Crippen molar-refractivity contribution in [2.24, 2.45) is 0 Å². The first-order chi connectivity index (χ1) is 28.1. The molecule has 0 aliphatic carbocycles. The van der Waals surface area contributed by atoms with Crippen LogP contribution in [-0.2, 0) is 9.59 Å². The molecule has 4 aliphatic heterocycles. The van der Waals surface area contributed by atoms with Crippen LogP contribution in [0.4, 0.5) is 40.2 Å². The zero-order valence-corrected chi connectivity index (χ0v) is 34.9. The molecule has 1 unspecified atom stereocenters. The van der Waals surface area contributed by atoms with Crippen molar-refractivity contribution in [3.63, 3.8) is 0 Å². The van der Waals surface area contributed by atoms with Crippen molar-refractivity contribution >= 4 is 76.8 Å². The number of nitrogens with one attached hydrogen (secondary N) is 3. The Bertz CT molecular complexity index is 2090. The number of ether oxygens (including phenoxy) is 1. The number of amides is 2. The molecule has 4 saturated heterocycles. The molecule has 4 aliphatic rings. The Kier molecular flexibility index (Phi) is 12.2. The standard InChI is InChI=1S/C42H52ClN10O4P/c1-57-37-24-31(12-13-34(37)46-42-44-25-33(43)40(48-42)53(56)36-6-4-5-7-38(36)58(2)3)49-18-16-30(17-19-49)50-20-22-51(23-21-50)32-26-52(27-32)29-10-8-28(9-11-29)45-35-14-15-39(54)47-41(35)55/h4-13,24-25,30,32,35,45,56H,14-23,26-27H2,1-3H3,(H,44,46,48)(H,47,54,55). The quantitative estimate of drug-likeness (QED) is 0.0817. The normalized spacial score (nSPS) is 19.9. The Labute approximate surface area is 346 Å². The minimum Gasteiger partial charge on any atom is -0.494 e. The van der Waals surface area contributed by atoms with Gasteiger partial charge in [-0.1, -0.05) is 37.7 Å². The minimum absolute atomic E-state index is 0.195. The van der Waals surface area contributed by atoms with Crippen LogP contribution in [0.15, 0.2) is 72.9 Å². The highest BCUT2D eigenvalue weighted by Gasteiger charge is 2.36. The summed E-state index contributed by atoms with van der Waals surface area (Å²) >= 11 is 6.48. The van der Waals surface area contributed by atoms with Gasteiger partial charge in [0.2, 0.25) is 17.8 Å². The zero-order chi connectivity index (χ0) is 40.3. The SMILES string of the molecule is COc1cc(N2CCC(N3CCN(C4CN(c5ccc(NC6CCC(=O)NC6=O)cc5)C4)CC3)CC2)ccc1Nc1ncc(Cl)c(N(O)c2ccccc2P(C)C)n1. The molecule has 0 spiro atoms. The van der Waals surface area contributed by atoms with E-state index < -0.39 is 7.92 Å². The van der Waals surface area contributed by atoms with Crippen molar-refractivity contribution in [2.75, 3.05) is 98.3 Å². The second kappa shape index (κ2) is 17.6. The summed E-state index contributed by atoms with van der Waals surface area (Å²) in [4.78, 5) is 42.7. The van der Waals surface area contributed by atoms with Gasteiger partial charge in [-0.25, -0.2) is 10.0 Å². The molecule has 16 heteroatoms. The predicted octanol–water partition coefficient (Wildman–Crippen LogP) is 5.47. The topological polar surface area (TPSA) is 142 Å². The molecular weight excluding hydrogens is 775 g/mol. The lowest BCUT2D eigenvalue weighted by molar-refractivity contribution is -0.133. The Balaban J connectivity index is 0.795. The van der Waals surface area contributed by atoms with Crippen LogP contribution in [0.1, 0.15) is 25.7 Å². The number of piperidine rings is 2. The molecule has 3 aromatic carbocycles. The number of carbonyl (C=O) groups excluding carboxylic acids is 2. The van der Waals surface area contributed by atoms with Crippen LogP contribution in [0.25, 0.3) is 0 Å². The van der Waals surface area contributed by atoms with E-state index in [1.807, 2.05) is 42.5 Å². The number of benzene rings is 3. The number of hydrogen-bond donors (Lipinski definition) is 4. The summed E-state index contributed by atoms with van der Waals surface area (Å²) in [5, 5.41) is 22.5. The van der Waals surface area contributed by atoms with Crippen LogP contribution in [0.3, 0.4) is 0 Å². The molecule has 0 bridgehead atoms. The molecule has 0 radical (unpaired) electrons. The summed E-state index contributed by atoms with van der Waals surface area (Å²) in [5.41, 5.74) is 4.57. The van der Waals surface area contributed by atoms with E-state index in [-0.39, 0.29) is 28.7 Å². The maximum absolute atomic E-state index is 12.1. The van der Waals surface area contributed by atoms with Crippen molar-refractivity contribution in [1.82, 2.24) is 25.1 Å². The van der Waals surface area contributed by atoms with Crippen molar-refractivity contribution in [2.45, 2.75) is 43.8 Å². The van der Waals surface area contributed by atoms with Gasteiger partial charge in [0.1, 0.15) is 16.8 Å². The number of hydrogen-bond acceptors (Lipinski definition) is 13. The number of piperazine rings is 1. The predicted molar refractivity (Wildman–Crippen MR) is 233 cm³/mol. The Morgan fingerprint density at radius 1 is 0.879 bits per heavy atom. The fourth-order valence-corrected chi connectivity index (χ4v) is 9.64. The number of aromatic nitrogens is 2. The molecule has 306 valence electrons. The average molecular weight is 827 g/mol. The van der Waals surface area contributed by atoms with Gasteiger partial charge in [0, 0.05) is 99.3 Å². The second-order valence-corrected chi connectivity index (χ2v) is 18.3. The lowest BCUT2D eigenvalue weighted by Gasteiger charge is -2.50. The van der Waals surface area contributed by atoms with E-state index in [0.717, 1.165) is 92.6 Å². The lowest BCUT2D eigenvalue weighted by Crippen LogP contribution is -2.64. The van der Waals surface area contributed by atoms with Gasteiger partial charge < -0.3 is 25.2 Å². The van der Waals surface area contributed by atoms with Gasteiger partial charge >= 0.3 is 0 Å². The van der Waals surface area contributed by atoms with E-state index in [4.69, 9.17) is 16.3 Å². The van der Waals surface area contributed by atoms with Crippen molar-refractivity contribution in [3.8, 4) is 5.75 Å². The molecule has 4 fully saturated rings. The summed E-state index contributed by atoms with van der Waals surface area (Å²) in [6.45, 7) is 12.7. The first kappa shape index (κ1) is 40.1. The Morgan fingerprint density at radius 3 is 2.26 bits per heavy atom. The second-order valence-electron chi connectivity index (χ2n) is 15.6. The minimum atomic E-state index is -0.475. The van der Waals surface area contributed by atoms with Crippen molar-refractivity contribution in [1.29, 1.82) is 0 Å². The number of halogens is 1. The van der Waals surface area contributed by atoms with Gasteiger partial charge in [0.15, 0.2) is 5.82 Å². The maximum Gasteiger partial charge on any atom is 0.249 e. The first-order valence-electron chi connectivity index (χ1n) is 20.0. The molecule has 8 rings (SSSR count). The van der Waals surface area contributed by atoms with E-state index in [2.05, 4.69) is 83.1 Å². The highest BCUT2D eigenvalue weighted by Crippen LogP contribution is 2.37. The van der Waals surface area contributed by atoms with Crippen molar-refractivity contribution < 1.29 is 19.5 Å². The highest BCUT2D eigenvalue weighted by atomic mass is 35.5. The molecule has 2 amide bonds. The summed E-state index contributed by atoms with van der Waals surface area (Å²) in [6, 6.07) is 22.9. The molecule has 5 heterocycles. The van der Waals surface area contributed by atoms with Crippen LogP contribution in [-0.4, -0.2) is 128 Å². The van der Waals surface area contributed by atoms with Crippen LogP contribution >= 0.6 is 19.5 Å². The third kappa shape index (κ3) is 8.81. The first-order valence-corrected chi connectivity index (χ1v) is 22.7. The summed E-state index contributed by atoms with van der Waals surface area (Å²) in [5.74, 6) is 0.712. The molecular formula is C42H52ClN10O4P. The van der Waals surface area contributed by atoms with Crippen LogP contribution in [0, 0.1) is 0 Å². The fourth-order valence-electron chi connectivity index (χ4n) is 8.46. The molecule has 4 aromatic rings. The molecule has 1 aromatic heterocycles. The van der Waals surface area contributed by atoms with E-state index >= 15 is 0 Å². The van der Waals surface area contributed by atoms with E-state index in [1.54, 1.807) is 7.11 Å². The van der Waals surface area contributed by atoms with Gasteiger partial charge in [-0.15, -0.1) is 0 Å². The summed E-state index contributed by atoms with van der Waals surface area (Å²) in [7, 11) is 1.19. The number of carbonyl (C=O) groups is 2. The number of para-hydroxylation sites is 1. The average Bonchev–Trinajstić information content (AvgIpc) is 3.23. The smallest absolute Gasteiger partial charge is 0.249 e. The third-order valence-corrected chi connectivity index (χ3v) is 13.4. The summed E-state index contributed by atoms with van der Waals surface area (Å²) < 4.78 is 5.82. The van der Waals surface area contributed by atoms with E-state index in [9.17, 15) is 14.8 Å². The molecule has 4 N–H and O–H groups in total. The molecule has 14 nitrogen and oxygen atoms in total. The van der Waals surface area contributed by atoms with Crippen molar-refractivity contribution in [3.05, 3.63) is 77.9 Å². The number of anilines is 7. The Hall–Kier alpha value is -4.72. The third-order valence-electron chi connectivity index (χ3n) is 11.8. The van der Waals surface area contributed by atoms with E-state index in [1.165, 1.54) is 11.9 Å².